The van der Waals surface area contributed by atoms with Gasteiger partial charge in [-0.1, -0.05) is 11.5 Å². The summed E-state index contributed by atoms with van der Waals surface area (Å²) >= 11 is 0. The van der Waals surface area contributed by atoms with Crippen molar-refractivity contribution < 1.29 is 39.1 Å². The maximum absolute atomic E-state index is 11.9. The van der Waals surface area contributed by atoms with Crippen molar-refractivity contribution in [3.05, 3.63) is 24.1 Å². The van der Waals surface area contributed by atoms with E-state index in [-0.39, 0.29) is 5.41 Å². The molecule has 0 rings (SSSR count). The Bertz CT molecular complexity index is 680. The molecule has 0 aromatic carbocycles. The number of nitrogens with one attached hydrogen (secondary N) is 2. The minimum absolute atomic E-state index is 0.298. The van der Waals surface area contributed by atoms with Gasteiger partial charge in [0.2, 0.25) is 5.91 Å². The topological polar surface area (TPSA) is 119 Å². The summed E-state index contributed by atoms with van der Waals surface area (Å²) in [5, 5.41) is 1.95. The van der Waals surface area contributed by atoms with E-state index < -0.39 is 49.6 Å². The highest BCUT2D eigenvalue weighted by Gasteiger charge is 2.30. The van der Waals surface area contributed by atoms with Crippen LogP contribution in [0.3, 0.4) is 0 Å². The number of alkyl halides is 3. The van der Waals surface area contributed by atoms with E-state index in [0.29, 0.717) is 0 Å². The molecule has 0 atom stereocenters. The Hall–Kier alpha value is -1.44. The third-order valence-electron chi connectivity index (χ3n) is 1.90. The zero-order valence-corrected chi connectivity index (χ0v) is 13.7. The highest BCUT2D eigenvalue weighted by Crippen LogP contribution is 2.16. The second kappa shape index (κ2) is 7.42. The van der Waals surface area contributed by atoms with Crippen LogP contribution >= 0.6 is 0 Å². The molecule has 1 amide bonds. The van der Waals surface area contributed by atoms with E-state index in [0.717, 1.165) is 11.0 Å². The van der Waals surface area contributed by atoms with Crippen LogP contribution in [0.25, 0.3) is 0 Å². The summed E-state index contributed by atoms with van der Waals surface area (Å²) in [6, 6.07) is 0. The first-order chi connectivity index (χ1) is 10.1. The van der Waals surface area contributed by atoms with Gasteiger partial charge in [-0.15, -0.1) is 0 Å². The fourth-order valence-corrected chi connectivity index (χ4v) is 3.38. The molecule has 0 aromatic heterocycles. The summed E-state index contributed by atoms with van der Waals surface area (Å²) in [7, 11) is -9.32. The first kappa shape index (κ1) is 21.6. The number of allylic oxidation sites excluding steroid dienone is 1. The van der Waals surface area contributed by atoms with Gasteiger partial charge in [-0.3, -0.25) is 4.79 Å². The Morgan fingerprint density at radius 2 is 1.74 bits per heavy atom. The van der Waals surface area contributed by atoms with Gasteiger partial charge in [0.25, 0.3) is 20.1 Å². The Kier molecular flexibility index (Phi) is 6.96. The average molecular weight is 380 g/mol. The molecule has 2 N–H and O–H groups in total. The minimum atomic E-state index is -4.90. The summed E-state index contributed by atoms with van der Waals surface area (Å²) in [6.45, 7) is 5.76. The molecule has 0 bridgehead atoms. The molecular weight excluding hydrogens is 365 g/mol. The smallest absolute Gasteiger partial charge is 0.347 e. The molecule has 0 spiro atoms. The van der Waals surface area contributed by atoms with Crippen molar-refractivity contribution in [3.8, 4) is 0 Å². The van der Waals surface area contributed by atoms with Gasteiger partial charge in [0, 0.05) is 6.08 Å². The lowest BCUT2D eigenvalue weighted by atomic mass is 10.1. The SMILES string of the molecule is C=CC(=O)NC(C)(C)CS(=O)(=O)ONS(=O)(=O)C=CC(F)(F)F. The number of carbonyl (C=O) groups is 1. The molecule has 0 heterocycles. The van der Waals surface area contributed by atoms with Crippen molar-refractivity contribution in [2.24, 2.45) is 0 Å². The fraction of sp³-hybridized carbons (Fsp3) is 0.500. The second-order valence-corrected chi connectivity index (χ2v) is 7.93. The molecule has 0 saturated heterocycles. The summed E-state index contributed by atoms with van der Waals surface area (Å²) in [6.07, 6.45) is -4.62. The third-order valence-corrected chi connectivity index (χ3v) is 4.23. The summed E-state index contributed by atoms with van der Waals surface area (Å²) in [5.74, 6) is -1.54. The predicted molar refractivity (Wildman–Crippen MR) is 74.5 cm³/mol. The zero-order valence-electron chi connectivity index (χ0n) is 12.0. The molecule has 0 unspecified atom stereocenters. The molecule has 0 aliphatic heterocycles. The van der Waals surface area contributed by atoms with Crippen LogP contribution in [0.4, 0.5) is 13.2 Å². The van der Waals surface area contributed by atoms with E-state index in [4.69, 9.17) is 0 Å². The Balaban J connectivity index is 4.86. The van der Waals surface area contributed by atoms with E-state index in [1.807, 2.05) is 0 Å². The lowest BCUT2D eigenvalue weighted by Gasteiger charge is -2.24. The summed E-state index contributed by atoms with van der Waals surface area (Å²) < 4.78 is 85.0. The van der Waals surface area contributed by atoms with Crippen molar-refractivity contribution in [2.45, 2.75) is 25.6 Å². The molecule has 23 heavy (non-hydrogen) atoms. The van der Waals surface area contributed by atoms with Crippen molar-refractivity contribution >= 4 is 26.0 Å². The first-order valence-corrected chi connectivity index (χ1v) is 8.83. The van der Waals surface area contributed by atoms with E-state index in [2.05, 4.69) is 16.2 Å². The molecule has 13 heteroatoms. The van der Waals surface area contributed by atoms with Gasteiger partial charge in [-0.2, -0.15) is 25.9 Å². The van der Waals surface area contributed by atoms with Crippen molar-refractivity contribution in [1.29, 1.82) is 0 Å². The van der Waals surface area contributed by atoms with Crippen LogP contribution < -0.4 is 10.2 Å². The lowest BCUT2D eigenvalue weighted by Crippen LogP contribution is -2.48. The molecule has 0 aliphatic rings. The van der Waals surface area contributed by atoms with Gasteiger partial charge in [0.15, 0.2) is 0 Å². The normalized spacial score (nSPS) is 14.0. The molecule has 0 aromatic rings. The van der Waals surface area contributed by atoms with Crippen LogP contribution in [-0.2, 0) is 29.2 Å². The van der Waals surface area contributed by atoms with Crippen LogP contribution in [0.15, 0.2) is 24.1 Å². The molecule has 0 saturated carbocycles. The Morgan fingerprint density at radius 3 is 2.17 bits per heavy atom. The maximum Gasteiger partial charge on any atom is 0.410 e. The Labute approximate surface area is 131 Å². The molecular formula is C10H15F3N2O6S2. The number of rotatable bonds is 8. The number of hydrogen-bond donors (Lipinski definition) is 2. The van der Waals surface area contributed by atoms with Crippen molar-refractivity contribution in [1.82, 2.24) is 10.2 Å². The molecule has 0 radical (unpaired) electrons. The molecule has 8 nitrogen and oxygen atoms in total. The van der Waals surface area contributed by atoms with Gasteiger partial charge in [-0.05, 0) is 19.9 Å². The zero-order chi connectivity index (χ0) is 18.5. The van der Waals surface area contributed by atoms with E-state index >= 15 is 0 Å². The van der Waals surface area contributed by atoms with Crippen molar-refractivity contribution in [2.75, 3.05) is 5.75 Å². The lowest BCUT2D eigenvalue weighted by molar-refractivity contribution is -0.117. The number of amides is 1. The van der Waals surface area contributed by atoms with E-state index in [9.17, 15) is 34.8 Å². The van der Waals surface area contributed by atoms with Crippen LogP contribution in [0.1, 0.15) is 13.8 Å². The molecule has 0 fully saturated rings. The second-order valence-electron chi connectivity index (χ2n) is 4.84. The first-order valence-electron chi connectivity index (χ1n) is 5.71. The summed E-state index contributed by atoms with van der Waals surface area (Å²) in [5.41, 5.74) is -1.35. The van der Waals surface area contributed by atoms with Crippen LogP contribution in [-0.4, -0.2) is 40.2 Å². The van der Waals surface area contributed by atoms with Gasteiger partial charge >= 0.3 is 6.18 Å². The van der Waals surface area contributed by atoms with Gasteiger partial charge in [-0.25, -0.2) is 8.42 Å². The van der Waals surface area contributed by atoms with Crippen LogP contribution in [0, 0.1) is 0 Å². The quantitative estimate of drug-likeness (QED) is 0.463. The monoisotopic (exact) mass is 380 g/mol. The molecule has 0 aliphatic carbocycles. The highest BCUT2D eigenvalue weighted by atomic mass is 32.2. The van der Waals surface area contributed by atoms with E-state index in [1.54, 1.807) is 0 Å². The fourth-order valence-electron chi connectivity index (χ4n) is 1.19. The van der Waals surface area contributed by atoms with Gasteiger partial charge in [0.05, 0.1) is 16.7 Å². The minimum Gasteiger partial charge on any atom is -0.347 e. The highest BCUT2D eigenvalue weighted by molar-refractivity contribution is 7.93. The number of hydrogen-bond acceptors (Lipinski definition) is 6. The standard InChI is InChI=1S/C10H15F3N2O6S2/c1-4-8(16)14-9(2,3)7-23(19,20)21-15-22(17,18)6-5-10(11,12)13/h4-6,15H,1,7H2,2-3H3,(H,14,16). The number of sulfonamides is 1. The largest absolute Gasteiger partial charge is 0.410 e. The third kappa shape index (κ3) is 10.8. The van der Waals surface area contributed by atoms with Crippen LogP contribution in [0.2, 0.25) is 0 Å². The predicted octanol–water partition coefficient (Wildman–Crippen LogP) is 0.324. The van der Waals surface area contributed by atoms with Crippen LogP contribution in [0.5, 0.6) is 0 Å². The Morgan fingerprint density at radius 1 is 1.22 bits per heavy atom. The van der Waals surface area contributed by atoms with Gasteiger partial charge < -0.3 is 5.32 Å². The average Bonchev–Trinajstić information content (AvgIpc) is 2.32. The maximum atomic E-state index is 11.9. The van der Waals surface area contributed by atoms with Gasteiger partial charge in [0.1, 0.15) is 0 Å². The number of halogens is 3. The molecule has 134 valence electrons. The van der Waals surface area contributed by atoms with E-state index in [1.165, 1.54) is 13.8 Å². The summed E-state index contributed by atoms with van der Waals surface area (Å²) in [4.78, 5) is 12.1. The number of carbonyl (C=O) groups excluding carboxylic acids is 1. The van der Waals surface area contributed by atoms with Crippen molar-refractivity contribution in [3.63, 3.8) is 0 Å².